The summed E-state index contributed by atoms with van der Waals surface area (Å²) in [4.78, 5) is 12.3. The molecule has 2 heterocycles. The largest absolute Gasteiger partial charge is 0.368 e. The van der Waals surface area contributed by atoms with Crippen LogP contribution in [0.3, 0.4) is 0 Å². The van der Waals surface area contributed by atoms with E-state index < -0.39 is 10.0 Å². The van der Waals surface area contributed by atoms with E-state index in [2.05, 4.69) is 41.9 Å². The van der Waals surface area contributed by atoms with Gasteiger partial charge in [0.05, 0.1) is 4.90 Å². The molecule has 0 spiro atoms. The Morgan fingerprint density at radius 2 is 1.52 bits per heavy atom. The molecule has 1 aliphatic heterocycles. The van der Waals surface area contributed by atoms with Crippen molar-refractivity contribution >= 4 is 44.7 Å². The minimum Gasteiger partial charge on any atom is -0.368 e. The minimum absolute atomic E-state index is 0.0283. The summed E-state index contributed by atoms with van der Waals surface area (Å²) < 4.78 is 27.3. The molecule has 3 aromatic rings. The predicted molar refractivity (Wildman–Crippen MR) is 126 cm³/mol. The fourth-order valence-electron chi connectivity index (χ4n) is 3.26. The number of piperazine rings is 1. The first-order valence-corrected chi connectivity index (χ1v) is 11.7. The van der Waals surface area contributed by atoms with Crippen LogP contribution in [0.1, 0.15) is 0 Å². The molecule has 1 aromatic heterocycles. The average Bonchev–Trinajstić information content (AvgIpc) is 2.80. The van der Waals surface area contributed by atoms with Gasteiger partial charge in [-0.05, 0) is 54.7 Å². The molecule has 10 heteroatoms. The summed E-state index contributed by atoms with van der Waals surface area (Å²) in [5, 5.41) is 3.82. The van der Waals surface area contributed by atoms with Crippen LogP contribution in [0.4, 0.5) is 17.3 Å². The molecule has 0 amide bonds. The number of hydrogen-bond donors (Lipinski definition) is 2. The molecule has 0 saturated carbocycles. The zero-order valence-electron chi connectivity index (χ0n) is 16.7. The zero-order chi connectivity index (χ0) is 21.7. The molecule has 1 saturated heterocycles. The molecule has 0 aliphatic carbocycles. The summed E-state index contributed by atoms with van der Waals surface area (Å²) in [7, 11) is -3.76. The van der Waals surface area contributed by atoms with Crippen molar-refractivity contribution in [2.24, 2.45) is 0 Å². The molecule has 160 valence electrons. The molecule has 0 bridgehead atoms. The molecule has 31 heavy (non-hydrogen) atoms. The number of para-hydroxylation sites is 1. The first-order chi connectivity index (χ1) is 15.0. The molecular formula is C21H22N6O2S2. The lowest BCUT2D eigenvalue weighted by Gasteiger charge is -2.37. The van der Waals surface area contributed by atoms with Crippen LogP contribution in [0.25, 0.3) is 0 Å². The van der Waals surface area contributed by atoms with Gasteiger partial charge in [0.25, 0.3) is 10.0 Å². The zero-order valence-corrected chi connectivity index (χ0v) is 18.3. The topological polar surface area (TPSA) is 90.5 Å². The van der Waals surface area contributed by atoms with Crippen LogP contribution in [-0.4, -0.2) is 54.6 Å². The Bertz CT molecular complexity index is 1120. The van der Waals surface area contributed by atoms with E-state index in [4.69, 9.17) is 12.2 Å². The Kier molecular flexibility index (Phi) is 6.28. The molecule has 0 unspecified atom stereocenters. The summed E-state index contributed by atoms with van der Waals surface area (Å²) in [5.74, 6) is 0.0283. The van der Waals surface area contributed by atoms with E-state index in [9.17, 15) is 8.42 Å². The van der Waals surface area contributed by atoms with Gasteiger partial charge in [-0.1, -0.05) is 18.2 Å². The van der Waals surface area contributed by atoms with Crippen LogP contribution in [0.15, 0.2) is 78.0 Å². The van der Waals surface area contributed by atoms with Gasteiger partial charge >= 0.3 is 0 Å². The third-order valence-electron chi connectivity index (χ3n) is 4.90. The number of thiocarbonyl (C=S) groups is 1. The van der Waals surface area contributed by atoms with E-state index in [0.717, 1.165) is 31.9 Å². The highest BCUT2D eigenvalue weighted by Crippen LogP contribution is 2.18. The number of benzene rings is 2. The van der Waals surface area contributed by atoms with Gasteiger partial charge in [-0.2, -0.15) is 0 Å². The maximum Gasteiger partial charge on any atom is 0.264 e. The van der Waals surface area contributed by atoms with Crippen molar-refractivity contribution in [1.29, 1.82) is 0 Å². The van der Waals surface area contributed by atoms with Crippen LogP contribution in [-0.2, 0) is 10.0 Å². The van der Waals surface area contributed by atoms with E-state index in [1.54, 1.807) is 18.2 Å². The van der Waals surface area contributed by atoms with Crippen molar-refractivity contribution in [1.82, 2.24) is 14.9 Å². The van der Waals surface area contributed by atoms with Gasteiger partial charge in [0.1, 0.15) is 0 Å². The number of rotatable bonds is 5. The monoisotopic (exact) mass is 454 g/mol. The number of sulfonamides is 1. The highest BCUT2D eigenvalue weighted by molar-refractivity contribution is 7.92. The Hall–Kier alpha value is -3.24. The van der Waals surface area contributed by atoms with Crippen LogP contribution in [0.2, 0.25) is 0 Å². The normalized spacial score (nSPS) is 14.2. The van der Waals surface area contributed by atoms with E-state index in [1.807, 2.05) is 18.2 Å². The Morgan fingerprint density at radius 3 is 2.16 bits per heavy atom. The third kappa shape index (κ3) is 5.28. The lowest BCUT2D eigenvalue weighted by atomic mass is 10.2. The maximum atomic E-state index is 12.5. The molecule has 0 atom stereocenters. The van der Waals surface area contributed by atoms with Gasteiger partial charge in [-0.25, -0.2) is 23.1 Å². The summed E-state index contributed by atoms with van der Waals surface area (Å²) in [5.41, 5.74) is 1.94. The maximum absolute atomic E-state index is 12.5. The highest BCUT2D eigenvalue weighted by Gasteiger charge is 2.20. The smallest absolute Gasteiger partial charge is 0.264 e. The summed E-state index contributed by atoms with van der Waals surface area (Å²) >= 11 is 5.55. The molecule has 2 aromatic carbocycles. The van der Waals surface area contributed by atoms with Gasteiger partial charge in [-0.3, -0.25) is 0 Å². The highest BCUT2D eigenvalue weighted by atomic mass is 32.2. The van der Waals surface area contributed by atoms with Crippen molar-refractivity contribution in [2.45, 2.75) is 4.90 Å². The minimum atomic E-state index is -3.76. The SMILES string of the molecule is O=S(=O)(Nc1ncccn1)c1ccc(NC(=S)N2CCN(c3ccccc3)CC2)cc1. The molecule has 1 fully saturated rings. The number of nitrogens with one attached hydrogen (secondary N) is 2. The number of anilines is 3. The van der Waals surface area contributed by atoms with E-state index in [0.29, 0.717) is 5.11 Å². The van der Waals surface area contributed by atoms with Crippen LogP contribution >= 0.6 is 12.2 Å². The number of hydrogen-bond acceptors (Lipinski definition) is 6. The van der Waals surface area contributed by atoms with Crippen molar-refractivity contribution < 1.29 is 8.42 Å². The molecule has 8 nitrogen and oxygen atoms in total. The van der Waals surface area contributed by atoms with Crippen molar-refractivity contribution in [3.63, 3.8) is 0 Å². The average molecular weight is 455 g/mol. The fraction of sp³-hybridized carbons (Fsp3) is 0.190. The second-order valence-corrected chi connectivity index (χ2v) is 9.01. The molecule has 2 N–H and O–H groups in total. The predicted octanol–water partition coefficient (Wildman–Crippen LogP) is 2.80. The standard InChI is InChI=1S/C21H22N6O2S2/c28-31(29,25-20-22-11-4-12-23-20)19-9-7-17(8-10-19)24-21(30)27-15-13-26(14-16-27)18-5-2-1-3-6-18/h1-12H,13-16H2,(H,24,30)(H,22,23,25). The third-order valence-corrected chi connectivity index (χ3v) is 6.60. The van der Waals surface area contributed by atoms with Crippen LogP contribution in [0.5, 0.6) is 0 Å². The molecule has 0 radical (unpaired) electrons. The molecular weight excluding hydrogens is 432 g/mol. The second-order valence-electron chi connectivity index (χ2n) is 6.94. The lowest BCUT2D eigenvalue weighted by Crippen LogP contribution is -2.50. The first-order valence-electron chi connectivity index (χ1n) is 9.77. The Labute approximate surface area is 187 Å². The quantitative estimate of drug-likeness (QED) is 0.569. The summed E-state index contributed by atoms with van der Waals surface area (Å²) in [6.45, 7) is 3.40. The Morgan fingerprint density at radius 1 is 0.871 bits per heavy atom. The fourth-order valence-corrected chi connectivity index (χ4v) is 4.52. The van der Waals surface area contributed by atoms with Crippen molar-refractivity contribution in [2.75, 3.05) is 41.1 Å². The summed E-state index contributed by atoms with van der Waals surface area (Å²) in [6, 6.07) is 18.3. The Balaban J connectivity index is 1.33. The van der Waals surface area contributed by atoms with Gasteiger partial charge < -0.3 is 15.1 Å². The second kappa shape index (κ2) is 9.27. The van der Waals surface area contributed by atoms with Crippen LogP contribution < -0.4 is 14.9 Å². The van der Waals surface area contributed by atoms with E-state index >= 15 is 0 Å². The van der Waals surface area contributed by atoms with Gasteiger partial charge in [0, 0.05) is 49.9 Å². The van der Waals surface area contributed by atoms with Gasteiger partial charge in [-0.15, -0.1) is 0 Å². The van der Waals surface area contributed by atoms with Gasteiger partial charge in [0.15, 0.2) is 5.11 Å². The molecule has 4 rings (SSSR count). The van der Waals surface area contributed by atoms with Crippen LogP contribution in [0, 0.1) is 0 Å². The summed E-state index contributed by atoms with van der Waals surface area (Å²) in [6.07, 6.45) is 2.94. The van der Waals surface area contributed by atoms with Gasteiger partial charge in [0.2, 0.25) is 5.95 Å². The lowest BCUT2D eigenvalue weighted by molar-refractivity contribution is 0.391. The van der Waals surface area contributed by atoms with Crippen molar-refractivity contribution in [3.8, 4) is 0 Å². The van der Waals surface area contributed by atoms with E-state index in [1.165, 1.54) is 30.2 Å². The molecule has 1 aliphatic rings. The first kappa shape index (κ1) is 21.0. The van der Waals surface area contributed by atoms with E-state index in [-0.39, 0.29) is 10.8 Å². The number of nitrogens with zero attached hydrogens (tertiary/aromatic N) is 4. The van der Waals surface area contributed by atoms with Crippen molar-refractivity contribution in [3.05, 3.63) is 73.1 Å². The number of aromatic nitrogens is 2.